The Kier molecular flexibility index (Phi) is 3.82. The predicted octanol–water partition coefficient (Wildman–Crippen LogP) is 4.32. The first-order valence-corrected chi connectivity index (χ1v) is 9.86. The third-order valence-electron chi connectivity index (χ3n) is 7.10. The van der Waals surface area contributed by atoms with Gasteiger partial charge in [0.15, 0.2) is 0 Å². The number of hydrogen-bond acceptors (Lipinski definition) is 4. The summed E-state index contributed by atoms with van der Waals surface area (Å²) >= 11 is 0. The zero-order valence-corrected chi connectivity index (χ0v) is 15.6. The summed E-state index contributed by atoms with van der Waals surface area (Å²) in [4.78, 5) is 25.4. The van der Waals surface area contributed by atoms with Crippen molar-refractivity contribution in [1.29, 1.82) is 0 Å². The van der Waals surface area contributed by atoms with Crippen molar-refractivity contribution < 1.29 is 19.1 Å². The lowest BCUT2D eigenvalue weighted by Crippen LogP contribution is -2.60. The molecule has 4 bridgehead atoms. The van der Waals surface area contributed by atoms with Crippen molar-refractivity contribution in [3.63, 3.8) is 0 Å². The Balaban J connectivity index is 1.56. The molecule has 138 valence electrons. The Hall–Kier alpha value is -1.32. The van der Waals surface area contributed by atoms with Gasteiger partial charge in [0.25, 0.3) is 0 Å². The van der Waals surface area contributed by atoms with Gasteiger partial charge in [-0.3, -0.25) is 4.79 Å². The van der Waals surface area contributed by atoms with Gasteiger partial charge in [-0.1, -0.05) is 6.58 Å². The molecule has 0 amide bonds. The van der Waals surface area contributed by atoms with Crippen molar-refractivity contribution >= 4 is 11.9 Å². The van der Waals surface area contributed by atoms with E-state index < -0.39 is 11.0 Å². The monoisotopic (exact) mass is 346 g/mol. The zero-order valence-electron chi connectivity index (χ0n) is 15.6. The van der Waals surface area contributed by atoms with Crippen LogP contribution in [0, 0.1) is 17.3 Å². The van der Waals surface area contributed by atoms with Crippen LogP contribution in [0.1, 0.15) is 78.1 Å². The average Bonchev–Trinajstić information content (AvgIpc) is 2.91. The van der Waals surface area contributed by atoms with Crippen LogP contribution in [0.4, 0.5) is 0 Å². The van der Waals surface area contributed by atoms with Crippen molar-refractivity contribution in [3.8, 4) is 0 Å². The highest BCUT2D eigenvalue weighted by atomic mass is 16.6. The van der Waals surface area contributed by atoms with Gasteiger partial charge in [0.05, 0.1) is 5.41 Å². The third-order valence-corrected chi connectivity index (χ3v) is 7.10. The van der Waals surface area contributed by atoms with Crippen molar-refractivity contribution in [3.05, 3.63) is 12.2 Å². The molecule has 0 N–H and O–H groups in total. The van der Waals surface area contributed by atoms with E-state index in [1.54, 1.807) is 6.92 Å². The molecule has 0 aromatic heterocycles. The largest absolute Gasteiger partial charge is 0.459 e. The van der Waals surface area contributed by atoms with E-state index in [2.05, 4.69) is 13.5 Å². The summed E-state index contributed by atoms with van der Waals surface area (Å²) in [5, 5.41) is 0. The SMILES string of the molecule is C=C(C)C(=O)OC12CC3CC(C1)CC(C(=O)OC1(C)CCCC1)(C3)C2. The molecule has 5 aliphatic carbocycles. The lowest BCUT2D eigenvalue weighted by Gasteiger charge is -2.60. The van der Waals surface area contributed by atoms with Crippen molar-refractivity contribution in [2.45, 2.75) is 89.3 Å². The molecule has 0 spiro atoms. The molecule has 0 aromatic rings. The van der Waals surface area contributed by atoms with E-state index in [1.165, 1.54) is 6.42 Å². The van der Waals surface area contributed by atoms with E-state index in [0.29, 0.717) is 23.8 Å². The van der Waals surface area contributed by atoms with Crippen LogP contribution in [-0.2, 0) is 19.1 Å². The molecule has 2 unspecified atom stereocenters. The Morgan fingerprint density at radius 3 is 2.16 bits per heavy atom. The molecule has 0 radical (unpaired) electrons. The minimum atomic E-state index is -0.476. The van der Waals surface area contributed by atoms with Gasteiger partial charge >= 0.3 is 11.9 Å². The van der Waals surface area contributed by atoms with E-state index in [4.69, 9.17) is 9.47 Å². The molecule has 4 heteroatoms. The van der Waals surface area contributed by atoms with Crippen molar-refractivity contribution in [2.24, 2.45) is 17.3 Å². The fourth-order valence-electron chi connectivity index (χ4n) is 6.38. The summed E-state index contributed by atoms with van der Waals surface area (Å²) < 4.78 is 12.0. The van der Waals surface area contributed by atoms with Crippen molar-refractivity contribution in [1.82, 2.24) is 0 Å². The van der Waals surface area contributed by atoms with Gasteiger partial charge < -0.3 is 9.47 Å². The summed E-state index contributed by atoms with van der Waals surface area (Å²) in [6.45, 7) is 7.48. The highest BCUT2D eigenvalue weighted by Gasteiger charge is 2.63. The predicted molar refractivity (Wildman–Crippen MR) is 93.7 cm³/mol. The number of esters is 2. The summed E-state index contributed by atoms with van der Waals surface area (Å²) in [7, 11) is 0. The quantitative estimate of drug-likeness (QED) is 0.562. The first-order valence-electron chi connectivity index (χ1n) is 9.86. The van der Waals surface area contributed by atoms with E-state index in [0.717, 1.165) is 51.4 Å². The van der Waals surface area contributed by atoms with Crippen molar-refractivity contribution in [2.75, 3.05) is 0 Å². The second kappa shape index (κ2) is 5.59. The normalized spacial score (nSPS) is 40.7. The Morgan fingerprint density at radius 1 is 1.00 bits per heavy atom. The number of rotatable bonds is 4. The molecule has 0 aliphatic heterocycles. The number of hydrogen-bond donors (Lipinski definition) is 0. The molecule has 5 aliphatic rings. The summed E-state index contributed by atoms with van der Waals surface area (Å²) in [6, 6.07) is 0. The van der Waals surface area contributed by atoms with Crippen LogP contribution in [0.15, 0.2) is 12.2 Å². The van der Waals surface area contributed by atoms with Crippen LogP contribution in [0.2, 0.25) is 0 Å². The van der Waals surface area contributed by atoms with Crippen LogP contribution in [0.3, 0.4) is 0 Å². The minimum Gasteiger partial charge on any atom is -0.459 e. The second-order valence-electron chi connectivity index (χ2n) is 9.64. The van der Waals surface area contributed by atoms with Gasteiger partial charge in [-0.25, -0.2) is 4.79 Å². The van der Waals surface area contributed by atoms with Crippen LogP contribution in [0.25, 0.3) is 0 Å². The Morgan fingerprint density at radius 2 is 1.60 bits per heavy atom. The maximum Gasteiger partial charge on any atom is 0.333 e. The van der Waals surface area contributed by atoms with Crippen LogP contribution >= 0.6 is 0 Å². The van der Waals surface area contributed by atoms with E-state index >= 15 is 0 Å². The molecule has 4 nitrogen and oxygen atoms in total. The molecule has 0 heterocycles. The number of ether oxygens (including phenoxy) is 2. The lowest BCUT2D eigenvalue weighted by molar-refractivity contribution is -0.216. The summed E-state index contributed by atoms with van der Waals surface area (Å²) in [5.74, 6) is 0.612. The minimum absolute atomic E-state index is 0.0262. The molecule has 5 saturated carbocycles. The first-order chi connectivity index (χ1) is 11.7. The maximum atomic E-state index is 13.2. The fourth-order valence-corrected chi connectivity index (χ4v) is 6.38. The average molecular weight is 346 g/mol. The molecule has 5 rings (SSSR count). The van der Waals surface area contributed by atoms with Crippen LogP contribution in [-0.4, -0.2) is 23.1 Å². The molecule has 5 fully saturated rings. The van der Waals surface area contributed by atoms with Crippen LogP contribution in [0.5, 0.6) is 0 Å². The number of carbonyl (C=O) groups excluding carboxylic acids is 2. The van der Waals surface area contributed by atoms with Gasteiger partial charge in [0.1, 0.15) is 11.2 Å². The number of carbonyl (C=O) groups is 2. The van der Waals surface area contributed by atoms with E-state index in [1.807, 2.05) is 0 Å². The van der Waals surface area contributed by atoms with Gasteiger partial charge in [-0.2, -0.15) is 0 Å². The highest BCUT2D eigenvalue weighted by molar-refractivity contribution is 5.87. The first kappa shape index (κ1) is 17.1. The van der Waals surface area contributed by atoms with Gasteiger partial charge in [-0.05, 0) is 83.5 Å². The summed E-state index contributed by atoms with van der Waals surface area (Å²) in [5.41, 5.74) is -0.770. The van der Waals surface area contributed by atoms with E-state index in [9.17, 15) is 9.59 Å². The molecule has 2 atom stereocenters. The zero-order chi connectivity index (χ0) is 17.9. The standard InChI is InChI=1S/C21H30O4/c1-14(2)17(22)24-21-11-15-8-16(12-21)10-20(9-15,13-21)18(23)25-19(3)6-4-5-7-19/h15-16H,1,4-13H2,2-3H3. The fraction of sp³-hybridized carbons (Fsp3) is 0.810. The Bertz CT molecular complexity index is 599. The second-order valence-corrected chi connectivity index (χ2v) is 9.64. The molecular formula is C21H30O4. The molecular weight excluding hydrogens is 316 g/mol. The highest BCUT2D eigenvalue weighted by Crippen LogP contribution is 2.63. The van der Waals surface area contributed by atoms with Crippen LogP contribution < -0.4 is 0 Å². The molecule has 0 saturated heterocycles. The molecule has 0 aromatic carbocycles. The summed E-state index contributed by atoms with van der Waals surface area (Å²) in [6.07, 6.45) is 9.64. The van der Waals surface area contributed by atoms with Gasteiger partial charge in [-0.15, -0.1) is 0 Å². The topological polar surface area (TPSA) is 52.6 Å². The Labute approximate surface area is 150 Å². The van der Waals surface area contributed by atoms with Gasteiger partial charge in [0, 0.05) is 12.0 Å². The van der Waals surface area contributed by atoms with Gasteiger partial charge in [0.2, 0.25) is 0 Å². The maximum absolute atomic E-state index is 13.2. The third kappa shape index (κ3) is 2.92. The lowest BCUT2D eigenvalue weighted by atomic mass is 9.48. The van der Waals surface area contributed by atoms with E-state index in [-0.39, 0.29) is 17.5 Å². The smallest absolute Gasteiger partial charge is 0.333 e. The molecule has 25 heavy (non-hydrogen) atoms.